The number of nitrogens with one attached hydrogen (secondary N) is 2. The van der Waals surface area contributed by atoms with E-state index in [0.29, 0.717) is 26.5 Å². The maximum Gasteiger partial charge on any atom is 0.261 e. The smallest absolute Gasteiger partial charge is 0.261 e. The van der Waals surface area contributed by atoms with Crippen LogP contribution in [0.1, 0.15) is 15.9 Å². The number of thiocarbonyl (C=S) groups is 1. The van der Waals surface area contributed by atoms with Crippen molar-refractivity contribution in [1.82, 2.24) is 5.32 Å². The third kappa shape index (κ3) is 4.37. The second kappa shape index (κ2) is 7.83. The van der Waals surface area contributed by atoms with Gasteiger partial charge in [0.15, 0.2) is 5.11 Å². The van der Waals surface area contributed by atoms with Crippen LogP contribution in [0.2, 0.25) is 5.02 Å². The lowest BCUT2D eigenvalue weighted by atomic mass is 10.2. The first-order chi connectivity index (χ1) is 11.3. The minimum atomic E-state index is -0.443. The summed E-state index contributed by atoms with van der Waals surface area (Å²) in [6.45, 7) is 1.75. The Kier molecular flexibility index (Phi) is 6.04. The molecular formula is C16H14BrClN2O3S. The van der Waals surface area contributed by atoms with Crippen molar-refractivity contribution < 1.29 is 14.6 Å². The van der Waals surface area contributed by atoms with Crippen LogP contribution in [0, 0.1) is 6.92 Å². The SMILES string of the molecule is COc1ccc(Cl)cc1C(=O)NC(=S)Nc1cc(C)c(O)c(Br)c1. The van der Waals surface area contributed by atoms with Gasteiger partial charge in [-0.05, 0) is 71.0 Å². The lowest BCUT2D eigenvalue weighted by Gasteiger charge is -2.13. The van der Waals surface area contributed by atoms with Gasteiger partial charge in [0, 0.05) is 10.7 Å². The highest BCUT2D eigenvalue weighted by molar-refractivity contribution is 9.10. The first-order valence-corrected chi connectivity index (χ1v) is 8.34. The maximum atomic E-state index is 12.3. The number of phenols is 1. The zero-order valence-corrected chi connectivity index (χ0v) is 16.0. The normalized spacial score (nSPS) is 10.2. The second-order valence-electron chi connectivity index (χ2n) is 4.88. The number of carbonyl (C=O) groups is 1. The number of methoxy groups -OCH3 is 1. The minimum absolute atomic E-state index is 0.110. The zero-order chi connectivity index (χ0) is 17.9. The largest absolute Gasteiger partial charge is 0.506 e. The molecule has 1 amide bonds. The van der Waals surface area contributed by atoms with Crippen LogP contribution in [0.15, 0.2) is 34.8 Å². The molecule has 0 aliphatic heterocycles. The third-order valence-corrected chi connectivity index (χ3v) is 4.19. The number of ether oxygens (including phenoxy) is 1. The summed E-state index contributed by atoms with van der Waals surface area (Å²) in [6.07, 6.45) is 0. The van der Waals surface area contributed by atoms with Crippen LogP contribution in [-0.2, 0) is 0 Å². The number of amides is 1. The second-order valence-corrected chi connectivity index (χ2v) is 6.58. The summed E-state index contributed by atoms with van der Waals surface area (Å²) in [4.78, 5) is 12.3. The summed E-state index contributed by atoms with van der Waals surface area (Å²) in [5.41, 5.74) is 1.57. The van der Waals surface area contributed by atoms with Gasteiger partial charge in [-0.3, -0.25) is 10.1 Å². The molecule has 3 N–H and O–H groups in total. The van der Waals surface area contributed by atoms with Gasteiger partial charge in [0.1, 0.15) is 11.5 Å². The number of aromatic hydroxyl groups is 1. The standard InChI is InChI=1S/C16H14BrClN2O3S/c1-8-5-10(7-12(17)14(8)21)19-16(24)20-15(22)11-6-9(18)3-4-13(11)23-2/h3-7,21H,1-2H3,(H2,19,20,22,24). The molecule has 0 aliphatic carbocycles. The Morgan fingerprint density at radius 2 is 2.04 bits per heavy atom. The summed E-state index contributed by atoms with van der Waals surface area (Å²) in [5.74, 6) is 0.100. The van der Waals surface area contributed by atoms with Gasteiger partial charge in [0.05, 0.1) is 17.1 Å². The summed E-state index contributed by atoms with van der Waals surface area (Å²) in [5, 5.41) is 15.7. The van der Waals surface area contributed by atoms with Gasteiger partial charge in [-0.2, -0.15) is 0 Å². The van der Waals surface area contributed by atoms with E-state index in [4.69, 9.17) is 28.6 Å². The summed E-state index contributed by atoms with van der Waals surface area (Å²) < 4.78 is 5.67. The van der Waals surface area contributed by atoms with Crippen LogP contribution in [-0.4, -0.2) is 23.2 Å². The van der Waals surface area contributed by atoms with Crippen molar-refractivity contribution in [2.75, 3.05) is 12.4 Å². The summed E-state index contributed by atoms with van der Waals surface area (Å²) in [7, 11) is 1.47. The number of hydrogen-bond acceptors (Lipinski definition) is 4. The summed E-state index contributed by atoms with van der Waals surface area (Å²) >= 11 is 14.3. The number of carbonyl (C=O) groups excluding carboxylic acids is 1. The van der Waals surface area contributed by atoms with Gasteiger partial charge >= 0.3 is 0 Å². The van der Waals surface area contributed by atoms with E-state index in [0.717, 1.165) is 0 Å². The Labute approximate surface area is 158 Å². The third-order valence-electron chi connectivity index (χ3n) is 3.15. The molecule has 2 rings (SSSR count). The molecular weight excluding hydrogens is 416 g/mol. The van der Waals surface area contributed by atoms with Crippen LogP contribution in [0.5, 0.6) is 11.5 Å². The van der Waals surface area contributed by atoms with Crippen molar-refractivity contribution in [1.29, 1.82) is 0 Å². The highest BCUT2D eigenvalue weighted by Gasteiger charge is 2.15. The molecule has 0 fully saturated rings. The predicted octanol–water partition coefficient (Wildman–Crippen LogP) is 4.25. The van der Waals surface area contributed by atoms with E-state index in [1.165, 1.54) is 13.2 Å². The Morgan fingerprint density at radius 1 is 1.33 bits per heavy atom. The van der Waals surface area contributed by atoms with Crippen molar-refractivity contribution in [3.8, 4) is 11.5 Å². The molecule has 5 nitrogen and oxygen atoms in total. The number of hydrogen-bond donors (Lipinski definition) is 3. The van der Waals surface area contributed by atoms with Crippen LogP contribution >= 0.6 is 39.7 Å². The summed E-state index contributed by atoms with van der Waals surface area (Å²) in [6, 6.07) is 8.09. The Morgan fingerprint density at radius 3 is 2.67 bits per heavy atom. The number of anilines is 1. The average Bonchev–Trinajstić information content (AvgIpc) is 2.52. The molecule has 0 spiro atoms. The first kappa shape index (κ1) is 18.5. The molecule has 0 atom stereocenters. The molecule has 0 heterocycles. The lowest BCUT2D eigenvalue weighted by Crippen LogP contribution is -2.34. The fourth-order valence-corrected chi connectivity index (χ4v) is 2.94. The van der Waals surface area contributed by atoms with E-state index in [9.17, 15) is 9.90 Å². The fourth-order valence-electron chi connectivity index (χ4n) is 2.00. The first-order valence-electron chi connectivity index (χ1n) is 6.76. The van der Waals surface area contributed by atoms with E-state index >= 15 is 0 Å². The molecule has 24 heavy (non-hydrogen) atoms. The fraction of sp³-hybridized carbons (Fsp3) is 0.125. The quantitative estimate of drug-likeness (QED) is 0.502. The highest BCUT2D eigenvalue weighted by atomic mass is 79.9. The molecule has 0 aromatic heterocycles. The lowest BCUT2D eigenvalue weighted by molar-refractivity contribution is 0.0975. The van der Waals surface area contributed by atoms with Crippen molar-refractivity contribution >= 4 is 56.5 Å². The van der Waals surface area contributed by atoms with Crippen LogP contribution in [0.4, 0.5) is 5.69 Å². The van der Waals surface area contributed by atoms with E-state index in [2.05, 4.69) is 26.6 Å². The van der Waals surface area contributed by atoms with E-state index in [1.54, 1.807) is 31.2 Å². The Bertz CT molecular complexity index is 791. The number of aryl methyl sites for hydroxylation is 1. The van der Waals surface area contributed by atoms with E-state index < -0.39 is 5.91 Å². The monoisotopic (exact) mass is 428 g/mol. The molecule has 0 saturated carbocycles. The van der Waals surface area contributed by atoms with Gasteiger partial charge < -0.3 is 15.2 Å². The highest BCUT2D eigenvalue weighted by Crippen LogP contribution is 2.31. The molecule has 0 radical (unpaired) electrons. The minimum Gasteiger partial charge on any atom is -0.506 e. The molecule has 2 aromatic rings. The molecule has 8 heteroatoms. The maximum absolute atomic E-state index is 12.3. The van der Waals surface area contributed by atoms with E-state index in [1.807, 2.05) is 0 Å². The Hall–Kier alpha value is -1.83. The predicted molar refractivity (Wildman–Crippen MR) is 102 cm³/mol. The van der Waals surface area contributed by atoms with Crippen LogP contribution in [0.3, 0.4) is 0 Å². The molecule has 0 bridgehead atoms. The number of benzene rings is 2. The van der Waals surface area contributed by atoms with Crippen molar-refractivity contribution in [3.05, 3.63) is 51.0 Å². The molecule has 0 saturated heterocycles. The Balaban J connectivity index is 2.13. The van der Waals surface area contributed by atoms with Crippen molar-refractivity contribution in [3.63, 3.8) is 0 Å². The molecule has 0 aliphatic rings. The number of halogens is 2. The van der Waals surface area contributed by atoms with Crippen LogP contribution < -0.4 is 15.4 Å². The molecule has 2 aromatic carbocycles. The van der Waals surface area contributed by atoms with Gasteiger partial charge in [0.25, 0.3) is 5.91 Å². The van der Waals surface area contributed by atoms with Gasteiger partial charge in [-0.15, -0.1) is 0 Å². The number of rotatable bonds is 3. The van der Waals surface area contributed by atoms with E-state index in [-0.39, 0.29) is 16.4 Å². The zero-order valence-electron chi connectivity index (χ0n) is 12.8. The molecule has 0 unspecified atom stereocenters. The van der Waals surface area contributed by atoms with Crippen molar-refractivity contribution in [2.45, 2.75) is 6.92 Å². The average molecular weight is 430 g/mol. The number of phenolic OH excluding ortho intramolecular Hbond substituents is 1. The van der Waals surface area contributed by atoms with Gasteiger partial charge in [-0.1, -0.05) is 11.6 Å². The topological polar surface area (TPSA) is 70.6 Å². The van der Waals surface area contributed by atoms with Crippen molar-refractivity contribution in [2.24, 2.45) is 0 Å². The molecule has 126 valence electrons. The van der Waals surface area contributed by atoms with Crippen LogP contribution in [0.25, 0.3) is 0 Å². The van der Waals surface area contributed by atoms with Gasteiger partial charge in [-0.25, -0.2) is 0 Å². The van der Waals surface area contributed by atoms with Gasteiger partial charge in [0.2, 0.25) is 0 Å².